The summed E-state index contributed by atoms with van der Waals surface area (Å²) in [6, 6.07) is 4.79. The van der Waals surface area contributed by atoms with E-state index in [1.807, 2.05) is 0 Å². The normalized spacial score (nSPS) is 12.0. The minimum atomic E-state index is -0.0470. The van der Waals surface area contributed by atoms with Crippen molar-refractivity contribution in [1.29, 1.82) is 0 Å². The van der Waals surface area contributed by atoms with E-state index in [2.05, 4.69) is 45.9 Å². The number of ketones is 1. The molecular weight excluding hydrogens is 336 g/mol. The summed E-state index contributed by atoms with van der Waals surface area (Å²) in [5.41, 5.74) is 4.47. The lowest BCUT2D eigenvalue weighted by atomic mass is 10.0. The highest BCUT2D eigenvalue weighted by Gasteiger charge is 2.11. The number of benzene rings is 1. The standard InChI is InChI=1S/C24H34O3/c1-18(2)9-6-10-19(3)11-7-12-20(4)13-8-14-23(25)22-16-15-21(27-5)17-24(22)26/h9,11,13,15-17,26H,6-8,10,12,14H2,1-5H3. The summed E-state index contributed by atoms with van der Waals surface area (Å²) < 4.78 is 5.04. The van der Waals surface area contributed by atoms with Crippen LogP contribution in [0, 0.1) is 0 Å². The van der Waals surface area contributed by atoms with Crippen molar-refractivity contribution in [2.24, 2.45) is 0 Å². The smallest absolute Gasteiger partial charge is 0.166 e. The summed E-state index contributed by atoms with van der Waals surface area (Å²) in [6.45, 7) is 8.57. The molecule has 0 aromatic heterocycles. The number of allylic oxidation sites excluding steroid dienone is 6. The minimum Gasteiger partial charge on any atom is -0.507 e. The molecular formula is C24H34O3. The number of carbonyl (C=O) groups is 1. The molecule has 0 aliphatic carbocycles. The summed E-state index contributed by atoms with van der Waals surface area (Å²) in [5, 5.41) is 9.94. The van der Waals surface area contributed by atoms with Crippen LogP contribution in [0.3, 0.4) is 0 Å². The van der Waals surface area contributed by atoms with Gasteiger partial charge in [0.05, 0.1) is 12.7 Å². The van der Waals surface area contributed by atoms with Crippen LogP contribution in [-0.4, -0.2) is 18.0 Å². The number of phenolic OH excluding ortho intramolecular Hbond substituents is 1. The maximum absolute atomic E-state index is 12.3. The van der Waals surface area contributed by atoms with Gasteiger partial charge in [-0.2, -0.15) is 0 Å². The Morgan fingerprint density at radius 3 is 2.00 bits per heavy atom. The molecule has 0 heterocycles. The number of phenols is 1. The number of ether oxygens (including phenoxy) is 1. The number of aromatic hydroxyl groups is 1. The van der Waals surface area contributed by atoms with Crippen molar-refractivity contribution in [3.05, 3.63) is 58.7 Å². The Bertz CT molecular complexity index is 704. The molecule has 0 aliphatic rings. The van der Waals surface area contributed by atoms with Crippen molar-refractivity contribution in [3.63, 3.8) is 0 Å². The number of hydrogen-bond acceptors (Lipinski definition) is 3. The molecule has 0 saturated heterocycles. The van der Waals surface area contributed by atoms with Crippen LogP contribution in [0.15, 0.2) is 53.1 Å². The zero-order valence-corrected chi connectivity index (χ0v) is 17.5. The molecule has 0 bridgehead atoms. The van der Waals surface area contributed by atoms with Gasteiger partial charge in [-0.1, -0.05) is 34.9 Å². The van der Waals surface area contributed by atoms with E-state index < -0.39 is 0 Å². The first-order valence-electron chi connectivity index (χ1n) is 9.68. The molecule has 27 heavy (non-hydrogen) atoms. The quantitative estimate of drug-likeness (QED) is 0.345. The van der Waals surface area contributed by atoms with Gasteiger partial charge < -0.3 is 9.84 Å². The Kier molecular flexibility index (Phi) is 10.2. The maximum atomic E-state index is 12.3. The zero-order chi connectivity index (χ0) is 20.2. The second kappa shape index (κ2) is 12.2. The highest BCUT2D eigenvalue weighted by Crippen LogP contribution is 2.25. The first-order chi connectivity index (χ1) is 12.8. The van der Waals surface area contributed by atoms with Crippen molar-refractivity contribution in [1.82, 2.24) is 0 Å². The third-order valence-electron chi connectivity index (χ3n) is 4.49. The van der Waals surface area contributed by atoms with E-state index in [1.54, 1.807) is 12.1 Å². The number of methoxy groups -OCH3 is 1. The first kappa shape index (κ1) is 22.8. The fourth-order valence-corrected chi connectivity index (χ4v) is 2.80. The molecule has 0 atom stereocenters. The lowest BCUT2D eigenvalue weighted by Crippen LogP contribution is -1.99. The van der Waals surface area contributed by atoms with E-state index in [0.29, 0.717) is 24.2 Å². The molecule has 148 valence electrons. The van der Waals surface area contributed by atoms with Gasteiger partial charge in [0.1, 0.15) is 11.5 Å². The molecule has 0 spiro atoms. The molecule has 0 unspecified atom stereocenters. The van der Waals surface area contributed by atoms with Crippen LogP contribution in [-0.2, 0) is 0 Å². The van der Waals surface area contributed by atoms with Crippen molar-refractivity contribution >= 4 is 5.78 Å². The van der Waals surface area contributed by atoms with Crippen LogP contribution < -0.4 is 4.74 Å². The Morgan fingerprint density at radius 1 is 0.926 bits per heavy atom. The van der Waals surface area contributed by atoms with Crippen LogP contribution >= 0.6 is 0 Å². The third-order valence-corrected chi connectivity index (χ3v) is 4.49. The fraction of sp³-hybridized carbons (Fsp3) is 0.458. The van der Waals surface area contributed by atoms with Gasteiger partial charge in [-0.3, -0.25) is 4.79 Å². The number of rotatable bonds is 11. The average molecular weight is 371 g/mol. The van der Waals surface area contributed by atoms with Gasteiger partial charge >= 0.3 is 0 Å². The van der Waals surface area contributed by atoms with Crippen LogP contribution in [0.5, 0.6) is 11.5 Å². The third kappa shape index (κ3) is 9.28. The van der Waals surface area contributed by atoms with E-state index in [4.69, 9.17) is 4.74 Å². The van der Waals surface area contributed by atoms with Gasteiger partial charge in [0, 0.05) is 12.5 Å². The van der Waals surface area contributed by atoms with Crippen LogP contribution in [0.1, 0.15) is 76.6 Å². The molecule has 1 rings (SSSR count). The summed E-state index contributed by atoms with van der Waals surface area (Å²) in [4.78, 5) is 12.3. The van der Waals surface area contributed by atoms with Crippen molar-refractivity contribution < 1.29 is 14.6 Å². The molecule has 3 heteroatoms. The summed E-state index contributed by atoms with van der Waals surface area (Å²) in [6.07, 6.45) is 12.1. The Labute approximate surface area is 164 Å². The van der Waals surface area contributed by atoms with Gasteiger partial charge in [0.25, 0.3) is 0 Å². The summed E-state index contributed by atoms with van der Waals surface area (Å²) in [5.74, 6) is 0.479. The molecule has 1 N–H and O–H groups in total. The number of Topliss-reactive ketones (excluding diaryl/α,β-unsaturated/α-hetero) is 1. The fourth-order valence-electron chi connectivity index (χ4n) is 2.80. The molecule has 0 fully saturated rings. The van der Waals surface area contributed by atoms with Crippen LogP contribution in [0.25, 0.3) is 0 Å². The van der Waals surface area contributed by atoms with Gasteiger partial charge in [-0.05, 0) is 71.9 Å². The largest absolute Gasteiger partial charge is 0.507 e. The highest BCUT2D eigenvalue weighted by atomic mass is 16.5. The lowest BCUT2D eigenvalue weighted by molar-refractivity contribution is 0.0981. The maximum Gasteiger partial charge on any atom is 0.166 e. The van der Waals surface area contributed by atoms with E-state index in [9.17, 15) is 9.90 Å². The van der Waals surface area contributed by atoms with Crippen LogP contribution in [0.2, 0.25) is 0 Å². The first-order valence-corrected chi connectivity index (χ1v) is 9.68. The molecule has 1 aromatic carbocycles. The second-order valence-electron chi connectivity index (χ2n) is 7.30. The average Bonchev–Trinajstić information content (AvgIpc) is 2.61. The molecule has 1 aromatic rings. The predicted octanol–water partition coefficient (Wildman–Crippen LogP) is 6.78. The number of hydrogen-bond donors (Lipinski definition) is 1. The SMILES string of the molecule is COc1ccc(C(=O)CCC=C(C)CCC=C(C)CCC=C(C)C)c(O)c1. The molecule has 0 amide bonds. The molecule has 0 radical (unpaired) electrons. The molecule has 0 aliphatic heterocycles. The predicted molar refractivity (Wildman–Crippen MR) is 114 cm³/mol. The van der Waals surface area contributed by atoms with Crippen molar-refractivity contribution in [3.8, 4) is 11.5 Å². The second-order valence-corrected chi connectivity index (χ2v) is 7.30. The summed E-state index contributed by atoms with van der Waals surface area (Å²) in [7, 11) is 1.53. The van der Waals surface area contributed by atoms with E-state index >= 15 is 0 Å². The minimum absolute atomic E-state index is 0.0197. The zero-order valence-electron chi connectivity index (χ0n) is 17.5. The van der Waals surface area contributed by atoms with E-state index in [-0.39, 0.29) is 11.5 Å². The van der Waals surface area contributed by atoms with Gasteiger partial charge in [0.15, 0.2) is 5.78 Å². The molecule has 3 nitrogen and oxygen atoms in total. The van der Waals surface area contributed by atoms with Gasteiger partial charge in [0.2, 0.25) is 0 Å². The Balaban J connectivity index is 2.40. The van der Waals surface area contributed by atoms with E-state index in [1.165, 1.54) is 29.9 Å². The lowest BCUT2D eigenvalue weighted by Gasteiger charge is -2.06. The topological polar surface area (TPSA) is 46.5 Å². The highest BCUT2D eigenvalue weighted by molar-refractivity contribution is 5.98. The van der Waals surface area contributed by atoms with Gasteiger partial charge in [-0.15, -0.1) is 0 Å². The Morgan fingerprint density at radius 2 is 1.48 bits per heavy atom. The van der Waals surface area contributed by atoms with E-state index in [0.717, 1.165) is 25.7 Å². The monoisotopic (exact) mass is 370 g/mol. The van der Waals surface area contributed by atoms with Crippen LogP contribution in [0.4, 0.5) is 0 Å². The van der Waals surface area contributed by atoms with Crippen molar-refractivity contribution in [2.75, 3.05) is 7.11 Å². The summed E-state index contributed by atoms with van der Waals surface area (Å²) >= 11 is 0. The van der Waals surface area contributed by atoms with Gasteiger partial charge in [-0.25, -0.2) is 0 Å². The molecule has 0 saturated carbocycles. The Hall–Kier alpha value is -2.29. The number of carbonyl (C=O) groups excluding carboxylic acids is 1. The van der Waals surface area contributed by atoms with Crippen molar-refractivity contribution in [2.45, 2.75) is 66.2 Å².